The highest BCUT2D eigenvalue weighted by Crippen LogP contribution is 2.41. The fourth-order valence-electron chi connectivity index (χ4n) is 3.63. The molecule has 1 aromatic heterocycles. The van der Waals surface area contributed by atoms with Crippen LogP contribution in [0.1, 0.15) is 23.6 Å². The molecule has 1 saturated heterocycles. The lowest BCUT2D eigenvalue weighted by molar-refractivity contribution is -0.155. The molecule has 2 aliphatic rings. The number of ether oxygens (including phenoxy) is 1. The second-order valence-electron chi connectivity index (χ2n) is 6.67. The summed E-state index contributed by atoms with van der Waals surface area (Å²) < 4.78 is 10.7. The Labute approximate surface area is 166 Å². The van der Waals surface area contributed by atoms with Crippen LogP contribution in [0.4, 0.5) is 5.69 Å². The predicted molar refractivity (Wildman–Crippen MR) is 104 cm³/mol. The van der Waals surface area contributed by atoms with E-state index in [1.54, 1.807) is 17.0 Å². The minimum atomic E-state index is -0.740. The molecule has 8 heteroatoms. The van der Waals surface area contributed by atoms with Gasteiger partial charge in [0.05, 0.1) is 6.26 Å². The number of rotatable bonds is 4. The highest BCUT2D eigenvalue weighted by Gasteiger charge is 2.43. The van der Waals surface area contributed by atoms with Crippen LogP contribution >= 0.6 is 11.8 Å². The van der Waals surface area contributed by atoms with Crippen molar-refractivity contribution < 1.29 is 23.5 Å². The number of carbonyl (C=O) groups excluding carboxylic acids is 3. The molecule has 3 heterocycles. The molecule has 0 unspecified atom stereocenters. The maximum atomic E-state index is 12.6. The number of carbonyl (C=O) groups is 3. The Bertz CT molecular complexity index is 898. The highest BCUT2D eigenvalue weighted by molar-refractivity contribution is 7.99. The number of esters is 1. The van der Waals surface area contributed by atoms with Crippen LogP contribution in [0.25, 0.3) is 0 Å². The van der Waals surface area contributed by atoms with Crippen LogP contribution in [0.5, 0.6) is 0 Å². The molecule has 28 heavy (non-hydrogen) atoms. The molecular formula is C20H20N2O5S. The molecule has 146 valence electrons. The van der Waals surface area contributed by atoms with E-state index in [9.17, 15) is 14.4 Å². The van der Waals surface area contributed by atoms with Crippen molar-refractivity contribution in [3.63, 3.8) is 0 Å². The summed E-state index contributed by atoms with van der Waals surface area (Å²) >= 11 is 1.44. The fourth-order valence-corrected chi connectivity index (χ4v) is 5.04. The van der Waals surface area contributed by atoms with Crippen LogP contribution in [0.3, 0.4) is 0 Å². The van der Waals surface area contributed by atoms with Crippen LogP contribution in [0.15, 0.2) is 47.1 Å². The molecule has 0 N–H and O–H groups in total. The van der Waals surface area contributed by atoms with E-state index >= 15 is 0 Å². The third-order valence-electron chi connectivity index (χ3n) is 4.95. The molecule has 1 aromatic carbocycles. The fraction of sp³-hybridized carbons (Fsp3) is 0.350. The van der Waals surface area contributed by atoms with Crippen LogP contribution in [0, 0.1) is 0 Å². The van der Waals surface area contributed by atoms with Gasteiger partial charge in [-0.25, -0.2) is 4.79 Å². The summed E-state index contributed by atoms with van der Waals surface area (Å²) in [6.45, 7) is 1.65. The van der Waals surface area contributed by atoms with Crippen molar-refractivity contribution >= 4 is 35.2 Å². The van der Waals surface area contributed by atoms with Gasteiger partial charge in [0.25, 0.3) is 5.91 Å². The minimum Gasteiger partial charge on any atom is -0.466 e. The number of hydrogen-bond donors (Lipinski definition) is 0. The molecular weight excluding hydrogens is 380 g/mol. The summed E-state index contributed by atoms with van der Waals surface area (Å²) in [5, 5.41) is -0.369. The smallest absolute Gasteiger partial charge is 0.330 e. The highest BCUT2D eigenvalue weighted by atomic mass is 32.2. The van der Waals surface area contributed by atoms with Gasteiger partial charge < -0.3 is 19.0 Å². The van der Waals surface area contributed by atoms with Gasteiger partial charge in [-0.15, -0.1) is 11.8 Å². The van der Waals surface area contributed by atoms with E-state index in [1.807, 2.05) is 24.3 Å². The Balaban J connectivity index is 1.40. The summed E-state index contributed by atoms with van der Waals surface area (Å²) in [4.78, 5) is 40.4. The van der Waals surface area contributed by atoms with Gasteiger partial charge in [-0.3, -0.25) is 9.59 Å². The molecule has 0 radical (unpaired) electrons. The molecule has 2 aliphatic heterocycles. The van der Waals surface area contributed by atoms with E-state index < -0.39 is 12.0 Å². The summed E-state index contributed by atoms with van der Waals surface area (Å²) in [6.07, 6.45) is 2.32. The van der Waals surface area contributed by atoms with Crippen molar-refractivity contribution in [2.24, 2.45) is 0 Å². The summed E-state index contributed by atoms with van der Waals surface area (Å²) in [5.41, 5.74) is 1.97. The van der Waals surface area contributed by atoms with Crippen LogP contribution in [-0.4, -0.2) is 47.6 Å². The Hall–Kier alpha value is -2.74. The van der Waals surface area contributed by atoms with E-state index in [-0.39, 0.29) is 23.8 Å². The summed E-state index contributed by atoms with van der Waals surface area (Å²) in [5.74, 6) is -0.0725. The van der Waals surface area contributed by atoms with E-state index in [4.69, 9.17) is 9.15 Å². The average Bonchev–Trinajstić information content (AvgIpc) is 3.43. The standard InChI is InChI=1S/C20H20N2O5S/c1-13(23)22-16(12-28-19(22)17-7-4-10-26-17)20(25)27-11-18(24)21-9-8-14-5-2-3-6-15(14)21/h2-7,10,16,19H,8-9,11-12H2,1H3/t16-,19+/m0/s1. The van der Waals surface area contributed by atoms with Crippen LogP contribution in [0.2, 0.25) is 0 Å². The van der Waals surface area contributed by atoms with E-state index in [1.165, 1.54) is 29.8 Å². The van der Waals surface area contributed by atoms with Crippen molar-refractivity contribution in [3.8, 4) is 0 Å². The first kappa shape index (κ1) is 18.6. The monoisotopic (exact) mass is 400 g/mol. The second kappa shape index (κ2) is 7.71. The van der Waals surface area contributed by atoms with Gasteiger partial charge in [0, 0.05) is 24.9 Å². The molecule has 4 rings (SSSR count). The number of amides is 2. The molecule has 7 nitrogen and oxygen atoms in total. The van der Waals surface area contributed by atoms with Gasteiger partial charge in [0.1, 0.15) is 17.2 Å². The number of furan rings is 1. The average molecular weight is 400 g/mol. The molecule has 2 aromatic rings. The first-order valence-corrected chi connectivity index (χ1v) is 10.1. The van der Waals surface area contributed by atoms with E-state index in [0.717, 1.165) is 17.7 Å². The molecule has 2 atom stereocenters. The van der Waals surface area contributed by atoms with Gasteiger partial charge in [0.2, 0.25) is 5.91 Å². The normalized spacial score (nSPS) is 20.9. The SMILES string of the molecule is CC(=O)N1[C@@H](c2ccco2)SC[C@H]1C(=O)OCC(=O)N1CCc2ccccc21. The molecule has 0 spiro atoms. The molecule has 0 bridgehead atoms. The van der Waals surface area contributed by atoms with Crippen LogP contribution in [-0.2, 0) is 25.5 Å². The number of nitrogens with zero attached hydrogens (tertiary/aromatic N) is 2. The van der Waals surface area contributed by atoms with Crippen molar-refractivity contribution in [2.45, 2.75) is 24.8 Å². The van der Waals surface area contributed by atoms with Gasteiger partial charge in [0.15, 0.2) is 6.61 Å². The lowest BCUT2D eigenvalue weighted by Crippen LogP contribution is -2.44. The van der Waals surface area contributed by atoms with E-state index in [2.05, 4.69) is 0 Å². The topological polar surface area (TPSA) is 80.1 Å². The second-order valence-corrected chi connectivity index (χ2v) is 7.79. The van der Waals surface area contributed by atoms with Gasteiger partial charge >= 0.3 is 5.97 Å². The number of thioether (sulfide) groups is 1. The molecule has 1 fully saturated rings. The molecule has 0 saturated carbocycles. The zero-order chi connectivity index (χ0) is 19.7. The van der Waals surface area contributed by atoms with Crippen molar-refractivity contribution in [1.29, 1.82) is 0 Å². The van der Waals surface area contributed by atoms with Crippen molar-refractivity contribution in [2.75, 3.05) is 23.8 Å². The number of hydrogen-bond acceptors (Lipinski definition) is 6. The number of benzene rings is 1. The maximum absolute atomic E-state index is 12.6. The third kappa shape index (κ3) is 3.40. The number of fused-ring (bicyclic) bond motifs is 1. The largest absolute Gasteiger partial charge is 0.466 e. The summed E-state index contributed by atoms with van der Waals surface area (Å²) in [7, 11) is 0. The lowest BCUT2D eigenvalue weighted by Gasteiger charge is -2.26. The number of anilines is 1. The predicted octanol–water partition coefficient (Wildman–Crippen LogP) is 2.37. The quantitative estimate of drug-likeness (QED) is 0.733. The molecule has 2 amide bonds. The van der Waals surface area contributed by atoms with Gasteiger partial charge in [-0.05, 0) is 30.2 Å². The van der Waals surface area contributed by atoms with Crippen LogP contribution < -0.4 is 4.90 Å². The first-order valence-electron chi connectivity index (χ1n) is 9.05. The Kier molecular flexibility index (Phi) is 5.13. The Morgan fingerprint density at radius 3 is 2.79 bits per heavy atom. The number of para-hydroxylation sites is 1. The third-order valence-corrected chi connectivity index (χ3v) is 6.23. The van der Waals surface area contributed by atoms with Gasteiger partial charge in [-0.1, -0.05) is 18.2 Å². The van der Waals surface area contributed by atoms with Crippen molar-refractivity contribution in [1.82, 2.24) is 4.90 Å². The van der Waals surface area contributed by atoms with E-state index in [0.29, 0.717) is 18.1 Å². The maximum Gasteiger partial charge on any atom is 0.330 e. The lowest BCUT2D eigenvalue weighted by atomic mass is 10.2. The minimum absolute atomic E-state index is 0.242. The van der Waals surface area contributed by atoms with Crippen molar-refractivity contribution in [3.05, 3.63) is 54.0 Å². The summed E-state index contributed by atoms with van der Waals surface area (Å²) in [6, 6.07) is 10.5. The zero-order valence-electron chi connectivity index (χ0n) is 15.4. The zero-order valence-corrected chi connectivity index (χ0v) is 16.2. The first-order chi connectivity index (χ1) is 13.6. The van der Waals surface area contributed by atoms with Gasteiger partial charge in [-0.2, -0.15) is 0 Å². The Morgan fingerprint density at radius 2 is 2.04 bits per heavy atom. The Morgan fingerprint density at radius 1 is 1.21 bits per heavy atom. The molecule has 0 aliphatic carbocycles.